The molecule has 3 rings (SSSR count). The summed E-state index contributed by atoms with van der Waals surface area (Å²) in [6.45, 7) is 4.44. The van der Waals surface area contributed by atoms with Crippen molar-refractivity contribution in [2.75, 3.05) is 0 Å². The van der Waals surface area contributed by atoms with Gasteiger partial charge >= 0.3 is 0 Å². The molecule has 2 aliphatic rings. The molecule has 18 heavy (non-hydrogen) atoms. The van der Waals surface area contributed by atoms with E-state index < -0.39 is 6.10 Å². The Morgan fingerprint density at radius 1 is 1.33 bits per heavy atom. The minimum absolute atomic E-state index is 0.209. The molecule has 0 saturated heterocycles. The van der Waals surface area contributed by atoms with Crippen molar-refractivity contribution in [2.24, 2.45) is 11.8 Å². The van der Waals surface area contributed by atoms with Crippen LogP contribution in [0.3, 0.4) is 0 Å². The van der Waals surface area contributed by atoms with Gasteiger partial charge in [-0.1, -0.05) is 13.8 Å². The van der Waals surface area contributed by atoms with Gasteiger partial charge in [-0.3, -0.25) is 0 Å². The Bertz CT molecular complexity index is 464. The van der Waals surface area contributed by atoms with Crippen LogP contribution in [0.4, 0.5) is 4.39 Å². The van der Waals surface area contributed by atoms with E-state index in [4.69, 9.17) is 4.74 Å². The monoisotopic (exact) mass is 250 g/mol. The molecule has 98 valence electrons. The summed E-state index contributed by atoms with van der Waals surface area (Å²) in [6, 6.07) is 4.41. The van der Waals surface area contributed by atoms with Crippen LogP contribution in [0.15, 0.2) is 18.2 Å². The summed E-state index contributed by atoms with van der Waals surface area (Å²) in [5.74, 6) is 1.67. The molecular formula is C15H19FO2. The molecule has 1 heterocycles. The van der Waals surface area contributed by atoms with Crippen molar-refractivity contribution in [2.45, 2.75) is 44.8 Å². The van der Waals surface area contributed by atoms with Crippen LogP contribution in [0.1, 0.15) is 44.8 Å². The van der Waals surface area contributed by atoms with E-state index in [0.29, 0.717) is 29.6 Å². The molecule has 0 amide bonds. The minimum atomic E-state index is -0.599. The van der Waals surface area contributed by atoms with Gasteiger partial charge in [0.15, 0.2) is 0 Å². The van der Waals surface area contributed by atoms with Gasteiger partial charge in [-0.2, -0.15) is 0 Å². The first-order valence-corrected chi connectivity index (χ1v) is 6.66. The third kappa shape index (κ3) is 1.81. The summed E-state index contributed by atoms with van der Waals surface area (Å²) in [4.78, 5) is 0. The lowest BCUT2D eigenvalue weighted by atomic mass is 9.63. The normalized spacial score (nSPS) is 34.1. The molecule has 1 N–H and O–H groups in total. The maximum atomic E-state index is 13.2. The average Bonchev–Trinajstić information content (AvgIpc) is 2.26. The number of hydrogen-bond donors (Lipinski definition) is 1. The highest BCUT2D eigenvalue weighted by molar-refractivity contribution is 5.39. The van der Waals surface area contributed by atoms with Crippen molar-refractivity contribution in [3.05, 3.63) is 29.6 Å². The molecule has 1 saturated carbocycles. The number of fused-ring (bicyclic) bond motifs is 1. The van der Waals surface area contributed by atoms with Crippen LogP contribution < -0.4 is 4.74 Å². The second-order valence-electron chi connectivity index (χ2n) is 6.10. The number of hydrogen-bond acceptors (Lipinski definition) is 2. The second kappa shape index (κ2) is 3.95. The molecule has 1 aromatic rings. The topological polar surface area (TPSA) is 29.5 Å². The lowest BCUT2D eigenvalue weighted by molar-refractivity contribution is -0.108. The van der Waals surface area contributed by atoms with E-state index in [1.165, 1.54) is 12.1 Å². The Labute approximate surface area is 107 Å². The van der Waals surface area contributed by atoms with Gasteiger partial charge < -0.3 is 9.84 Å². The summed E-state index contributed by atoms with van der Waals surface area (Å²) in [7, 11) is 0. The Balaban J connectivity index is 1.83. The molecule has 1 spiro atoms. The molecule has 0 radical (unpaired) electrons. The van der Waals surface area contributed by atoms with E-state index in [1.54, 1.807) is 6.07 Å². The van der Waals surface area contributed by atoms with E-state index >= 15 is 0 Å². The summed E-state index contributed by atoms with van der Waals surface area (Å²) in [6.07, 6.45) is 1.99. The fourth-order valence-corrected chi connectivity index (χ4v) is 3.23. The molecular weight excluding hydrogens is 231 g/mol. The first-order valence-electron chi connectivity index (χ1n) is 6.66. The Morgan fingerprint density at radius 3 is 2.72 bits per heavy atom. The van der Waals surface area contributed by atoms with Gasteiger partial charge in [0.2, 0.25) is 0 Å². The first-order chi connectivity index (χ1) is 8.49. The smallest absolute Gasteiger partial charge is 0.126 e. The van der Waals surface area contributed by atoms with Gasteiger partial charge in [-0.15, -0.1) is 0 Å². The summed E-state index contributed by atoms with van der Waals surface area (Å²) in [5, 5.41) is 10.2. The van der Waals surface area contributed by atoms with Gasteiger partial charge in [0.1, 0.15) is 17.2 Å². The molecule has 0 bridgehead atoms. The lowest BCUT2D eigenvalue weighted by Gasteiger charge is -2.52. The lowest BCUT2D eigenvalue weighted by Crippen LogP contribution is -2.53. The fraction of sp³-hybridized carbons (Fsp3) is 0.600. The van der Waals surface area contributed by atoms with Crippen molar-refractivity contribution < 1.29 is 14.2 Å². The fourth-order valence-electron chi connectivity index (χ4n) is 3.23. The number of benzene rings is 1. The zero-order valence-electron chi connectivity index (χ0n) is 10.8. The van der Waals surface area contributed by atoms with Crippen LogP contribution in [-0.2, 0) is 0 Å². The molecule has 1 unspecified atom stereocenters. The minimum Gasteiger partial charge on any atom is -0.487 e. The van der Waals surface area contributed by atoms with Crippen LogP contribution in [0, 0.1) is 17.7 Å². The van der Waals surface area contributed by atoms with E-state index in [2.05, 4.69) is 13.8 Å². The zero-order valence-corrected chi connectivity index (χ0v) is 10.8. The molecule has 1 aliphatic carbocycles. The van der Waals surface area contributed by atoms with E-state index in [1.807, 2.05) is 0 Å². The van der Waals surface area contributed by atoms with Crippen molar-refractivity contribution >= 4 is 0 Å². The predicted molar refractivity (Wildman–Crippen MR) is 66.9 cm³/mol. The highest BCUT2D eigenvalue weighted by Gasteiger charge is 2.51. The highest BCUT2D eigenvalue weighted by Crippen LogP contribution is 2.53. The van der Waals surface area contributed by atoms with E-state index in [0.717, 1.165) is 12.8 Å². The highest BCUT2D eigenvalue weighted by atomic mass is 19.1. The zero-order chi connectivity index (χ0) is 12.9. The van der Waals surface area contributed by atoms with Crippen LogP contribution >= 0.6 is 0 Å². The Kier molecular flexibility index (Phi) is 2.63. The average molecular weight is 250 g/mol. The van der Waals surface area contributed by atoms with Crippen LogP contribution in [0.5, 0.6) is 5.75 Å². The van der Waals surface area contributed by atoms with Crippen LogP contribution in [0.25, 0.3) is 0 Å². The maximum absolute atomic E-state index is 13.2. The number of aliphatic hydroxyl groups is 1. The van der Waals surface area contributed by atoms with Gasteiger partial charge in [0.25, 0.3) is 0 Å². The van der Waals surface area contributed by atoms with Crippen LogP contribution in [0.2, 0.25) is 0 Å². The maximum Gasteiger partial charge on any atom is 0.126 e. The van der Waals surface area contributed by atoms with E-state index in [9.17, 15) is 9.50 Å². The number of halogens is 1. The Morgan fingerprint density at radius 2 is 2.06 bits per heavy atom. The van der Waals surface area contributed by atoms with Crippen LogP contribution in [-0.4, -0.2) is 10.7 Å². The SMILES string of the molecule is CC(C)C1CC2(CC(O)c3cc(F)ccc3O2)C1. The van der Waals surface area contributed by atoms with Crippen molar-refractivity contribution in [1.82, 2.24) is 0 Å². The quantitative estimate of drug-likeness (QED) is 0.827. The van der Waals surface area contributed by atoms with Gasteiger partial charge in [0.05, 0.1) is 6.10 Å². The van der Waals surface area contributed by atoms with Gasteiger partial charge in [-0.25, -0.2) is 4.39 Å². The molecule has 1 aromatic carbocycles. The molecule has 2 nitrogen and oxygen atoms in total. The largest absolute Gasteiger partial charge is 0.487 e. The second-order valence-corrected chi connectivity index (χ2v) is 6.10. The number of aliphatic hydroxyl groups excluding tert-OH is 1. The van der Waals surface area contributed by atoms with Gasteiger partial charge in [0, 0.05) is 12.0 Å². The third-order valence-electron chi connectivity index (χ3n) is 4.43. The standard InChI is InChI=1S/C15H19FO2/c1-9(2)10-6-15(7-10)8-13(17)12-5-11(16)3-4-14(12)18-15/h3-5,9-10,13,17H,6-8H2,1-2H3. The Hall–Kier alpha value is -1.09. The molecule has 1 fully saturated rings. The third-order valence-corrected chi connectivity index (χ3v) is 4.43. The van der Waals surface area contributed by atoms with Crippen molar-refractivity contribution in [3.8, 4) is 5.75 Å². The predicted octanol–water partition coefficient (Wildman–Crippen LogP) is 3.45. The molecule has 0 aromatic heterocycles. The number of rotatable bonds is 1. The molecule has 1 aliphatic heterocycles. The van der Waals surface area contributed by atoms with Crippen molar-refractivity contribution in [3.63, 3.8) is 0 Å². The summed E-state index contributed by atoms with van der Waals surface area (Å²) >= 11 is 0. The summed E-state index contributed by atoms with van der Waals surface area (Å²) in [5.41, 5.74) is 0.382. The first kappa shape index (κ1) is 12.0. The number of ether oxygens (including phenoxy) is 1. The molecule has 1 atom stereocenters. The van der Waals surface area contributed by atoms with Gasteiger partial charge in [-0.05, 0) is 42.9 Å². The van der Waals surface area contributed by atoms with Crippen molar-refractivity contribution in [1.29, 1.82) is 0 Å². The molecule has 3 heteroatoms. The summed E-state index contributed by atoms with van der Waals surface area (Å²) < 4.78 is 19.2. The van der Waals surface area contributed by atoms with E-state index in [-0.39, 0.29) is 11.4 Å².